The van der Waals surface area contributed by atoms with E-state index in [1.165, 1.54) is 19.2 Å². The molecular weight excluding hydrogens is 417 g/mol. The average Bonchev–Trinajstić information content (AvgIpc) is 2.37. The Morgan fingerprint density at radius 2 is 1.70 bits per heavy atom. The summed E-state index contributed by atoms with van der Waals surface area (Å²) in [4.78, 5) is 0. The summed E-state index contributed by atoms with van der Waals surface area (Å²) in [5, 5.41) is -0.926. The summed E-state index contributed by atoms with van der Waals surface area (Å²) in [6.45, 7) is 0. The van der Waals surface area contributed by atoms with Gasteiger partial charge < -0.3 is 4.74 Å². The van der Waals surface area contributed by atoms with Crippen molar-refractivity contribution < 1.29 is 13.5 Å². The van der Waals surface area contributed by atoms with Gasteiger partial charge in [-0.2, -0.15) is 0 Å². The quantitative estimate of drug-likeness (QED) is 0.562. The van der Waals surface area contributed by atoms with Crippen LogP contribution in [0, 0.1) is 11.6 Å². The summed E-state index contributed by atoms with van der Waals surface area (Å²) in [5.41, 5.74) is 0.395. The van der Waals surface area contributed by atoms with E-state index in [4.69, 9.17) is 16.3 Å². The highest BCUT2D eigenvalue weighted by Crippen LogP contribution is 2.37. The zero-order valence-electron chi connectivity index (χ0n) is 10.3. The second kappa shape index (κ2) is 6.41. The van der Waals surface area contributed by atoms with Crippen molar-refractivity contribution in [1.82, 2.24) is 0 Å². The van der Waals surface area contributed by atoms with Crippen molar-refractivity contribution in [3.8, 4) is 5.75 Å². The fourth-order valence-corrected chi connectivity index (χ4v) is 3.11. The van der Waals surface area contributed by atoms with Crippen molar-refractivity contribution in [2.45, 2.75) is 5.38 Å². The van der Waals surface area contributed by atoms with Crippen LogP contribution in [0.1, 0.15) is 16.5 Å². The standard InChI is InChI=1S/C14H9Br2ClF2O/c1-20-12-3-2-7(4-9(12)16)14(17)13-10(18)5-8(15)6-11(13)19/h2-6,14H,1H3. The number of alkyl halides is 1. The Balaban J connectivity index is 2.46. The number of ether oxygens (including phenoxy) is 1. The van der Waals surface area contributed by atoms with Crippen LogP contribution < -0.4 is 4.74 Å². The lowest BCUT2D eigenvalue weighted by Gasteiger charge is -2.14. The van der Waals surface area contributed by atoms with Gasteiger partial charge in [-0.1, -0.05) is 22.0 Å². The Labute approximate surface area is 137 Å². The van der Waals surface area contributed by atoms with Crippen LogP contribution in [0.4, 0.5) is 8.78 Å². The van der Waals surface area contributed by atoms with E-state index in [2.05, 4.69) is 31.9 Å². The molecule has 0 aromatic heterocycles. The van der Waals surface area contributed by atoms with Crippen molar-refractivity contribution in [2.24, 2.45) is 0 Å². The SMILES string of the molecule is COc1ccc(C(Cl)c2c(F)cc(Br)cc2F)cc1Br. The number of halogens is 5. The van der Waals surface area contributed by atoms with Crippen LogP contribution in [0.2, 0.25) is 0 Å². The lowest BCUT2D eigenvalue weighted by atomic mass is 10.0. The van der Waals surface area contributed by atoms with Crippen LogP contribution in [-0.2, 0) is 0 Å². The molecule has 1 nitrogen and oxygen atoms in total. The monoisotopic (exact) mass is 424 g/mol. The molecule has 0 aliphatic carbocycles. The molecule has 0 N–H and O–H groups in total. The average molecular weight is 426 g/mol. The molecule has 0 saturated carbocycles. The molecule has 2 aromatic carbocycles. The second-order valence-corrected chi connectivity index (χ2v) is 6.25. The number of benzene rings is 2. The maximum atomic E-state index is 13.9. The number of methoxy groups -OCH3 is 1. The molecule has 0 spiro atoms. The van der Waals surface area contributed by atoms with Crippen LogP contribution in [0.25, 0.3) is 0 Å². The molecule has 6 heteroatoms. The van der Waals surface area contributed by atoms with Gasteiger partial charge >= 0.3 is 0 Å². The third-order valence-electron chi connectivity index (χ3n) is 2.77. The molecule has 0 bridgehead atoms. The van der Waals surface area contributed by atoms with Crippen LogP contribution in [-0.4, -0.2) is 7.11 Å². The normalized spacial score (nSPS) is 12.3. The summed E-state index contributed by atoms with van der Waals surface area (Å²) >= 11 is 12.6. The van der Waals surface area contributed by atoms with Gasteiger partial charge in [-0.3, -0.25) is 0 Å². The van der Waals surface area contributed by atoms with Gasteiger partial charge in [0, 0.05) is 10.0 Å². The zero-order valence-corrected chi connectivity index (χ0v) is 14.2. The van der Waals surface area contributed by atoms with E-state index in [-0.39, 0.29) is 5.56 Å². The van der Waals surface area contributed by atoms with E-state index in [0.717, 1.165) is 0 Å². The highest BCUT2D eigenvalue weighted by molar-refractivity contribution is 9.10. The predicted molar refractivity (Wildman–Crippen MR) is 82.4 cm³/mol. The third kappa shape index (κ3) is 3.15. The summed E-state index contributed by atoms with van der Waals surface area (Å²) in [5.74, 6) is -0.762. The van der Waals surface area contributed by atoms with Gasteiger partial charge in [0.05, 0.1) is 17.0 Å². The van der Waals surface area contributed by atoms with Gasteiger partial charge in [0.15, 0.2) is 0 Å². The van der Waals surface area contributed by atoms with Gasteiger partial charge in [-0.15, -0.1) is 11.6 Å². The number of hydrogen-bond donors (Lipinski definition) is 0. The lowest BCUT2D eigenvalue weighted by Crippen LogP contribution is -2.01. The van der Waals surface area contributed by atoms with Crippen LogP contribution in [0.5, 0.6) is 5.75 Å². The number of hydrogen-bond acceptors (Lipinski definition) is 1. The summed E-state index contributed by atoms with van der Waals surface area (Å²) in [7, 11) is 1.53. The predicted octanol–water partition coefficient (Wildman–Crippen LogP) is 5.83. The molecule has 1 atom stereocenters. The van der Waals surface area contributed by atoms with Crippen molar-refractivity contribution in [2.75, 3.05) is 7.11 Å². The molecule has 2 rings (SSSR count). The highest BCUT2D eigenvalue weighted by atomic mass is 79.9. The molecule has 1 unspecified atom stereocenters. The minimum Gasteiger partial charge on any atom is -0.496 e. The first-order valence-electron chi connectivity index (χ1n) is 5.56. The molecule has 106 valence electrons. The van der Waals surface area contributed by atoms with Gasteiger partial charge in [0.25, 0.3) is 0 Å². The Kier molecular flexibility index (Phi) is 5.04. The molecule has 0 amide bonds. The fourth-order valence-electron chi connectivity index (χ4n) is 1.80. The Morgan fingerprint density at radius 3 is 2.20 bits per heavy atom. The van der Waals surface area contributed by atoms with Gasteiger partial charge in [-0.05, 0) is 45.8 Å². The van der Waals surface area contributed by atoms with Crippen LogP contribution in [0.3, 0.4) is 0 Å². The van der Waals surface area contributed by atoms with Gasteiger partial charge in [0.2, 0.25) is 0 Å². The molecule has 0 fully saturated rings. The van der Waals surface area contributed by atoms with Crippen molar-refractivity contribution >= 4 is 43.5 Å². The first-order valence-corrected chi connectivity index (χ1v) is 7.58. The molecule has 0 aliphatic heterocycles. The van der Waals surface area contributed by atoms with E-state index < -0.39 is 17.0 Å². The third-order valence-corrected chi connectivity index (χ3v) is 4.31. The first-order chi connectivity index (χ1) is 9.43. The minimum atomic E-state index is -0.926. The van der Waals surface area contributed by atoms with Gasteiger partial charge in [-0.25, -0.2) is 8.78 Å². The van der Waals surface area contributed by atoms with Gasteiger partial charge in [0.1, 0.15) is 17.4 Å². The first kappa shape index (κ1) is 15.7. The lowest BCUT2D eigenvalue weighted by molar-refractivity contribution is 0.412. The topological polar surface area (TPSA) is 9.23 Å². The molecule has 2 aromatic rings. The molecule has 0 aliphatic rings. The van der Waals surface area contributed by atoms with E-state index in [1.54, 1.807) is 18.2 Å². The fraction of sp³-hybridized carbons (Fsp3) is 0.143. The number of rotatable bonds is 3. The van der Waals surface area contributed by atoms with Crippen LogP contribution >= 0.6 is 43.5 Å². The molecule has 0 radical (unpaired) electrons. The zero-order chi connectivity index (χ0) is 14.9. The summed E-state index contributed by atoms with van der Waals surface area (Å²) in [6, 6.07) is 7.40. The van der Waals surface area contributed by atoms with Crippen LogP contribution in [0.15, 0.2) is 39.3 Å². The van der Waals surface area contributed by atoms with E-state index >= 15 is 0 Å². The Morgan fingerprint density at radius 1 is 1.10 bits per heavy atom. The minimum absolute atomic E-state index is 0.174. The molecule has 0 heterocycles. The molecular formula is C14H9Br2ClF2O. The van der Waals surface area contributed by atoms with Crippen molar-refractivity contribution in [3.63, 3.8) is 0 Å². The largest absolute Gasteiger partial charge is 0.496 e. The van der Waals surface area contributed by atoms with E-state index in [0.29, 0.717) is 20.3 Å². The molecule has 0 saturated heterocycles. The highest BCUT2D eigenvalue weighted by Gasteiger charge is 2.21. The Bertz CT molecular complexity index is 626. The van der Waals surface area contributed by atoms with Crippen molar-refractivity contribution in [3.05, 3.63) is 62.0 Å². The smallest absolute Gasteiger partial charge is 0.133 e. The van der Waals surface area contributed by atoms with Crippen molar-refractivity contribution in [1.29, 1.82) is 0 Å². The molecule has 20 heavy (non-hydrogen) atoms. The maximum Gasteiger partial charge on any atom is 0.133 e. The van der Waals surface area contributed by atoms with E-state index in [9.17, 15) is 8.78 Å². The van der Waals surface area contributed by atoms with E-state index in [1.807, 2.05) is 0 Å². The Hall–Kier alpha value is -0.650. The second-order valence-electron chi connectivity index (χ2n) is 4.04. The summed E-state index contributed by atoms with van der Waals surface area (Å²) in [6.07, 6.45) is 0. The summed E-state index contributed by atoms with van der Waals surface area (Å²) < 4.78 is 33.9. The maximum absolute atomic E-state index is 13.9.